The molecule has 1 aliphatic rings. The van der Waals surface area contributed by atoms with E-state index in [1.165, 1.54) is 24.8 Å². The molecule has 0 atom stereocenters. The monoisotopic (exact) mass is 366 g/mol. The van der Waals surface area contributed by atoms with Gasteiger partial charge >= 0.3 is 0 Å². The van der Waals surface area contributed by atoms with Crippen molar-refractivity contribution in [1.82, 2.24) is 0 Å². The summed E-state index contributed by atoms with van der Waals surface area (Å²) in [6.45, 7) is 4.84. The van der Waals surface area contributed by atoms with Crippen LogP contribution in [0.3, 0.4) is 0 Å². The molecule has 1 heterocycles. The van der Waals surface area contributed by atoms with Crippen molar-refractivity contribution < 1.29 is 9.53 Å². The third kappa shape index (κ3) is 6.02. The topological polar surface area (TPSA) is 41.6 Å². The molecule has 1 fully saturated rings. The lowest BCUT2D eigenvalue weighted by Gasteiger charge is -2.30. The molecule has 3 rings (SSSR count). The molecule has 4 nitrogen and oxygen atoms in total. The van der Waals surface area contributed by atoms with Crippen molar-refractivity contribution in [2.45, 2.75) is 45.4 Å². The molecule has 1 amide bonds. The van der Waals surface area contributed by atoms with Gasteiger partial charge in [0, 0.05) is 19.5 Å². The largest absolute Gasteiger partial charge is 0.494 e. The lowest BCUT2D eigenvalue weighted by atomic mass is 10.1. The summed E-state index contributed by atoms with van der Waals surface area (Å²) >= 11 is 0. The minimum atomic E-state index is 0.0787. The molecule has 0 saturated carbocycles. The van der Waals surface area contributed by atoms with E-state index in [0.717, 1.165) is 43.1 Å². The quantitative estimate of drug-likeness (QED) is 0.655. The van der Waals surface area contributed by atoms with Crippen LogP contribution in [0.5, 0.6) is 5.75 Å². The normalized spacial score (nSPS) is 14.0. The third-order valence-corrected chi connectivity index (χ3v) is 4.93. The SMILES string of the molecule is Cc1cccc(OCCCCC(=O)Nc2ccccc2N2CCCCC2)c1. The average Bonchev–Trinajstić information content (AvgIpc) is 2.69. The Labute approximate surface area is 162 Å². The number of amides is 1. The Morgan fingerprint density at radius 1 is 1.04 bits per heavy atom. The number of rotatable bonds is 8. The fraction of sp³-hybridized carbons (Fsp3) is 0.435. The minimum Gasteiger partial charge on any atom is -0.494 e. The molecular weight excluding hydrogens is 336 g/mol. The number of aryl methyl sites for hydroxylation is 1. The van der Waals surface area contributed by atoms with Gasteiger partial charge in [-0.3, -0.25) is 4.79 Å². The van der Waals surface area contributed by atoms with E-state index in [0.29, 0.717) is 13.0 Å². The van der Waals surface area contributed by atoms with Gasteiger partial charge in [0.05, 0.1) is 18.0 Å². The van der Waals surface area contributed by atoms with Crippen LogP contribution >= 0.6 is 0 Å². The highest BCUT2D eigenvalue weighted by Crippen LogP contribution is 2.28. The van der Waals surface area contributed by atoms with Crippen LogP contribution < -0.4 is 15.0 Å². The maximum Gasteiger partial charge on any atom is 0.224 e. The fourth-order valence-electron chi connectivity index (χ4n) is 3.49. The number of para-hydroxylation sites is 2. The second-order valence-corrected chi connectivity index (χ2v) is 7.24. The zero-order valence-corrected chi connectivity index (χ0v) is 16.2. The lowest BCUT2D eigenvalue weighted by molar-refractivity contribution is -0.116. The van der Waals surface area contributed by atoms with Gasteiger partial charge in [-0.1, -0.05) is 24.3 Å². The third-order valence-electron chi connectivity index (χ3n) is 4.93. The van der Waals surface area contributed by atoms with Gasteiger partial charge < -0.3 is 15.0 Å². The molecule has 2 aromatic rings. The van der Waals surface area contributed by atoms with Crippen LogP contribution in [0.15, 0.2) is 48.5 Å². The van der Waals surface area contributed by atoms with E-state index >= 15 is 0 Å². The van der Waals surface area contributed by atoms with Crippen LogP contribution in [0, 0.1) is 6.92 Å². The minimum absolute atomic E-state index is 0.0787. The van der Waals surface area contributed by atoms with Gasteiger partial charge in [-0.15, -0.1) is 0 Å². The Morgan fingerprint density at radius 3 is 2.67 bits per heavy atom. The number of hydrogen-bond acceptors (Lipinski definition) is 3. The Hall–Kier alpha value is -2.49. The predicted molar refractivity (Wildman–Crippen MR) is 112 cm³/mol. The van der Waals surface area contributed by atoms with E-state index in [1.54, 1.807) is 0 Å². The smallest absolute Gasteiger partial charge is 0.224 e. The van der Waals surface area contributed by atoms with Crippen LogP contribution in [0.2, 0.25) is 0 Å². The van der Waals surface area contributed by atoms with Crippen LogP contribution in [-0.2, 0) is 4.79 Å². The molecule has 0 unspecified atom stereocenters. The first-order valence-corrected chi connectivity index (χ1v) is 10.1. The molecule has 0 spiro atoms. The molecule has 1 saturated heterocycles. The number of unbranched alkanes of at least 4 members (excludes halogenated alkanes) is 1. The van der Waals surface area contributed by atoms with Crippen molar-refractivity contribution >= 4 is 17.3 Å². The van der Waals surface area contributed by atoms with Crippen LogP contribution in [-0.4, -0.2) is 25.6 Å². The van der Waals surface area contributed by atoms with Crippen LogP contribution in [0.1, 0.15) is 44.1 Å². The molecule has 0 radical (unpaired) electrons. The summed E-state index contributed by atoms with van der Waals surface area (Å²) in [5, 5.41) is 3.10. The molecule has 0 aromatic heterocycles. The van der Waals surface area contributed by atoms with Gasteiger partial charge in [0.15, 0.2) is 0 Å². The maximum absolute atomic E-state index is 12.4. The second-order valence-electron chi connectivity index (χ2n) is 7.24. The van der Waals surface area contributed by atoms with Gasteiger partial charge in [0.1, 0.15) is 5.75 Å². The number of nitrogens with zero attached hydrogens (tertiary/aromatic N) is 1. The first-order valence-electron chi connectivity index (χ1n) is 10.1. The molecule has 1 aliphatic heterocycles. The summed E-state index contributed by atoms with van der Waals surface area (Å²) in [5.41, 5.74) is 3.27. The predicted octanol–water partition coefficient (Wildman–Crippen LogP) is 5.17. The van der Waals surface area contributed by atoms with Crippen molar-refractivity contribution in [3.8, 4) is 5.75 Å². The number of piperidine rings is 1. The van der Waals surface area contributed by atoms with Gasteiger partial charge in [-0.25, -0.2) is 0 Å². The summed E-state index contributed by atoms with van der Waals surface area (Å²) in [6, 6.07) is 16.2. The average molecular weight is 367 g/mol. The van der Waals surface area contributed by atoms with Gasteiger partial charge in [0.2, 0.25) is 5.91 Å². The zero-order valence-electron chi connectivity index (χ0n) is 16.2. The number of carbonyl (C=O) groups excluding carboxylic acids is 1. The molecule has 1 N–H and O–H groups in total. The highest BCUT2D eigenvalue weighted by atomic mass is 16.5. The Kier molecular flexibility index (Phi) is 7.14. The Morgan fingerprint density at radius 2 is 1.85 bits per heavy atom. The number of anilines is 2. The van der Waals surface area contributed by atoms with Gasteiger partial charge in [-0.05, 0) is 68.9 Å². The van der Waals surface area contributed by atoms with Crippen LogP contribution in [0.4, 0.5) is 11.4 Å². The van der Waals surface area contributed by atoms with E-state index in [9.17, 15) is 4.79 Å². The van der Waals surface area contributed by atoms with E-state index in [4.69, 9.17) is 4.74 Å². The van der Waals surface area contributed by atoms with E-state index < -0.39 is 0 Å². The summed E-state index contributed by atoms with van der Waals surface area (Å²) in [6.07, 6.45) is 5.96. The number of ether oxygens (including phenoxy) is 1. The highest BCUT2D eigenvalue weighted by molar-refractivity contribution is 5.94. The first-order chi connectivity index (χ1) is 13.2. The second kappa shape index (κ2) is 10.0. The number of hydrogen-bond donors (Lipinski definition) is 1. The van der Waals surface area contributed by atoms with Crippen molar-refractivity contribution in [2.75, 3.05) is 29.9 Å². The summed E-state index contributed by atoms with van der Waals surface area (Å²) in [7, 11) is 0. The van der Waals surface area contributed by atoms with E-state index in [1.807, 2.05) is 36.4 Å². The molecule has 144 valence electrons. The molecule has 27 heavy (non-hydrogen) atoms. The summed E-state index contributed by atoms with van der Waals surface area (Å²) < 4.78 is 5.75. The van der Waals surface area contributed by atoms with Crippen molar-refractivity contribution in [3.05, 3.63) is 54.1 Å². The number of nitrogens with one attached hydrogen (secondary N) is 1. The van der Waals surface area contributed by atoms with Gasteiger partial charge in [0.25, 0.3) is 0 Å². The van der Waals surface area contributed by atoms with E-state index in [-0.39, 0.29) is 5.91 Å². The fourth-order valence-corrected chi connectivity index (χ4v) is 3.49. The highest BCUT2D eigenvalue weighted by Gasteiger charge is 2.15. The Balaban J connectivity index is 1.42. The first kappa shape index (κ1) is 19.3. The summed E-state index contributed by atoms with van der Waals surface area (Å²) in [4.78, 5) is 14.7. The van der Waals surface area contributed by atoms with Crippen LogP contribution in [0.25, 0.3) is 0 Å². The van der Waals surface area contributed by atoms with Crippen molar-refractivity contribution in [2.24, 2.45) is 0 Å². The zero-order chi connectivity index (χ0) is 18.9. The number of carbonyl (C=O) groups is 1. The number of benzene rings is 2. The standard InChI is InChI=1S/C23H30N2O2/c1-19-10-9-11-20(18-19)27-17-8-5-14-23(26)24-21-12-3-4-13-22(21)25-15-6-2-7-16-25/h3-4,9-13,18H,2,5-8,14-17H2,1H3,(H,24,26). The summed E-state index contributed by atoms with van der Waals surface area (Å²) in [5.74, 6) is 0.977. The molecule has 2 aromatic carbocycles. The lowest BCUT2D eigenvalue weighted by Crippen LogP contribution is -2.30. The maximum atomic E-state index is 12.4. The van der Waals surface area contributed by atoms with Crippen molar-refractivity contribution in [1.29, 1.82) is 0 Å². The molecule has 0 bridgehead atoms. The van der Waals surface area contributed by atoms with E-state index in [2.05, 4.69) is 29.3 Å². The molecule has 4 heteroatoms. The molecular formula is C23H30N2O2. The molecule has 0 aliphatic carbocycles. The van der Waals surface area contributed by atoms with Gasteiger partial charge in [-0.2, -0.15) is 0 Å². The Bertz CT molecular complexity index is 739. The van der Waals surface area contributed by atoms with Crippen molar-refractivity contribution in [3.63, 3.8) is 0 Å².